The summed E-state index contributed by atoms with van der Waals surface area (Å²) in [7, 11) is 1.59. The van der Waals surface area contributed by atoms with E-state index in [4.69, 9.17) is 9.15 Å². The molecule has 0 aliphatic heterocycles. The quantitative estimate of drug-likeness (QED) is 0.603. The second-order valence-electron chi connectivity index (χ2n) is 7.49. The van der Waals surface area contributed by atoms with Crippen molar-refractivity contribution in [2.24, 2.45) is 5.92 Å². The molecule has 3 aromatic rings. The number of H-pyrrole nitrogens is 1. The lowest BCUT2D eigenvalue weighted by atomic mass is 10.0. The molecule has 1 atom stereocenters. The van der Waals surface area contributed by atoms with Crippen LogP contribution in [0.1, 0.15) is 50.1 Å². The van der Waals surface area contributed by atoms with Crippen molar-refractivity contribution in [3.05, 3.63) is 52.0 Å². The molecule has 8 nitrogen and oxygen atoms in total. The first-order chi connectivity index (χ1) is 13.9. The number of aryl methyl sites for hydroxylation is 2. The first-order valence-corrected chi connectivity index (χ1v) is 9.65. The third-order valence-electron chi connectivity index (χ3n) is 4.63. The normalized spacial score (nSPS) is 12.3. The van der Waals surface area contributed by atoms with Gasteiger partial charge in [-0.2, -0.15) is 0 Å². The van der Waals surface area contributed by atoms with Gasteiger partial charge in [-0.05, 0) is 43.0 Å². The van der Waals surface area contributed by atoms with E-state index in [0.29, 0.717) is 41.9 Å². The van der Waals surface area contributed by atoms with E-state index in [9.17, 15) is 9.59 Å². The zero-order valence-corrected chi connectivity index (χ0v) is 17.1. The van der Waals surface area contributed by atoms with E-state index in [-0.39, 0.29) is 23.9 Å². The molecule has 0 saturated carbocycles. The van der Waals surface area contributed by atoms with E-state index in [1.807, 2.05) is 6.07 Å². The second kappa shape index (κ2) is 8.89. The smallest absolute Gasteiger partial charge is 0.251 e. The first-order valence-electron chi connectivity index (χ1n) is 9.65. The van der Waals surface area contributed by atoms with Crippen molar-refractivity contribution in [3.8, 4) is 5.75 Å². The molecule has 0 spiro atoms. The van der Waals surface area contributed by atoms with E-state index in [2.05, 4.69) is 34.3 Å². The summed E-state index contributed by atoms with van der Waals surface area (Å²) < 4.78 is 10.7. The van der Waals surface area contributed by atoms with Crippen LogP contribution in [0.5, 0.6) is 5.75 Å². The van der Waals surface area contributed by atoms with Crippen LogP contribution in [0.4, 0.5) is 0 Å². The van der Waals surface area contributed by atoms with Crippen molar-refractivity contribution in [1.29, 1.82) is 0 Å². The highest BCUT2D eigenvalue weighted by atomic mass is 16.5. The molecule has 2 aromatic heterocycles. The van der Waals surface area contributed by atoms with Gasteiger partial charge in [-0.15, -0.1) is 10.2 Å². The van der Waals surface area contributed by atoms with E-state index < -0.39 is 0 Å². The molecule has 2 heterocycles. The number of rotatable bonds is 8. The Morgan fingerprint density at radius 3 is 2.72 bits per heavy atom. The van der Waals surface area contributed by atoms with Crippen molar-refractivity contribution in [1.82, 2.24) is 20.5 Å². The van der Waals surface area contributed by atoms with E-state index in [1.54, 1.807) is 32.2 Å². The Balaban J connectivity index is 1.70. The highest BCUT2D eigenvalue weighted by Gasteiger charge is 2.21. The maximum Gasteiger partial charge on any atom is 0.251 e. The van der Waals surface area contributed by atoms with Gasteiger partial charge in [0, 0.05) is 29.8 Å². The molecule has 29 heavy (non-hydrogen) atoms. The van der Waals surface area contributed by atoms with Crippen molar-refractivity contribution in [2.45, 2.75) is 46.1 Å². The molecule has 0 aliphatic carbocycles. The van der Waals surface area contributed by atoms with Crippen LogP contribution in [0.2, 0.25) is 0 Å². The van der Waals surface area contributed by atoms with Gasteiger partial charge in [-0.3, -0.25) is 9.59 Å². The van der Waals surface area contributed by atoms with Crippen LogP contribution in [-0.4, -0.2) is 28.2 Å². The average Bonchev–Trinajstić information content (AvgIpc) is 3.11. The Labute approximate surface area is 168 Å². The summed E-state index contributed by atoms with van der Waals surface area (Å²) in [5, 5.41) is 11.7. The number of ether oxygens (including phenoxy) is 1. The molecule has 2 N–H and O–H groups in total. The largest absolute Gasteiger partial charge is 0.497 e. The number of nitrogens with one attached hydrogen (secondary N) is 2. The second-order valence-corrected chi connectivity index (χ2v) is 7.49. The molecule has 0 saturated heterocycles. The van der Waals surface area contributed by atoms with Crippen molar-refractivity contribution >= 4 is 16.8 Å². The van der Waals surface area contributed by atoms with Gasteiger partial charge >= 0.3 is 0 Å². The lowest BCUT2D eigenvalue weighted by Gasteiger charge is -2.17. The van der Waals surface area contributed by atoms with Crippen LogP contribution in [-0.2, 0) is 11.2 Å². The highest BCUT2D eigenvalue weighted by molar-refractivity contribution is 5.81. The summed E-state index contributed by atoms with van der Waals surface area (Å²) in [6.45, 7) is 5.84. The van der Waals surface area contributed by atoms with Crippen molar-refractivity contribution in [2.75, 3.05) is 7.11 Å². The number of hydrogen-bond donors (Lipinski definition) is 2. The van der Waals surface area contributed by atoms with Gasteiger partial charge in [0.05, 0.1) is 7.11 Å². The van der Waals surface area contributed by atoms with Crippen LogP contribution < -0.4 is 15.6 Å². The Bertz CT molecular complexity index is 1050. The highest BCUT2D eigenvalue weighted by Crippen LogP contribution is 2.21. The molecule has 8 heteroatoms. The number of aromatic nitrogens is 3. The number of hydrogen-bond acceptors (Lipinski definition) is 6. The molecule has 3 rings (SSSR count). The monoisotopic (exact) mass is 398 g/mol. The molecule has 1 unspecified atom stereocenters. The number of fused-ring (bicyclic) bond motifs is 1. The van der Waals surface area contributed by atoms with Gasteiger partial charge in [0.15, 0.2) is 0 Å². The molecule has 0 fully saturated rings. The van der Waals surface area contributed by atoms with Gasteiger partial charge in [0.25, 0.3) is 5.56 Å². The van der Waals surface area contributed by atoms with Crippen LogP contribution in [0.25, 0.3) is 10.9 Å². The number of pyridine rings is 1. The number of carbonyl (C=O) groups is 1. The van der Waals surface area contributed by atoms with Gasteiger partial charge in [-0.25, -0.2) is 0 Å². The van der Waals surface area contributed by atoms with Crippen LogP contribution in [0.3, 0.4) is 0 Å². The molecule has 1 amide bonds. The molecular weight excluding hydrogens is 372 g/mol. The number of amides is 1. The number of nitrogens with zero attached hydrogens (tertiary/aromatic N) is 2. The Hall–Kier alpha value is -3.16. The standard InChI is InChI=1S/C21H26N4O4/c1-12(2)9-18(21-25-24-13(3)29-21)22-19(26)8-5-14-10-15-11-16(28-4)6-7-17(15)23-20(14)27/h6-7,10-12,18H,5,8-9H2,1-4H3,(H,22,26)(H,23,27). The summed E-state index contributed by atoms with van der Waals surface area (Å²) in [5.74, 6) is 1.74. The maximum atomic E-state index is 12.5. The van der Waals surface area contributed by atoms with Gasteiger partial charge in [0.2, 0.25) is 17.7 Å². The predicted molar refractivity (Wildman–Crippen MR) is 109 cm³/mol. The van der Waals surface area contributed by atoms with E-state index >= 15 is 0 Å². The number of methoxy groups -OCH3 is 1. The topological polar surface area (TPSA) is 110 Å². The van der Waals surface area contributed by atoms with Gasteiger partial charge in [-0.1, -0.05) is 13.8 Å². The molecular formula is C21H26N4O4. The number of aromatic amines is 1. The minimum atomic E-state index is -0.345. The Morgan fingerprint density at radius 2 is 2.07 bits per heavy atom. The summed E-state index contributed by atoms with van der Waals surface area (Å²) in [4.78, 5) is 27.7. The minimum absolute atomic E-state index is 0.170. The SMILES string of the molecule is COc1ccc2[nH]c(=O)c(CCC(=O)NC(CC(C)C)c3nnc(C)o3)cc2c1. The summed E-state index contributed by atoms with van der Waals surface area (Å²) in [6.07, 6.45) is 1.19. The molecule has 0 aliphatic rings. The zero-order valence-electron chi connectivity index (χ0n) is 17.1. The third-order valence-corrected chi connectivity index (χ3v) is 4.63. The van der Waals surface area contributed by atoms with Gasteiger partial charge < -0.3 is 19.5 Å². The zero-order chi connectivity index (χ0) is 21.0. The Kier molecular flexibility index (Phi) is 6.31. The van der Waals surface area contributed by atoms with Crippen molar-refractivity contribution in [3.63, 3.8) is 0 Å². The fourth-order valence-corrected chi connectivity index (χ4v) is 3.20. The minimum Gasteiger partial charge on any atom is -0.497 e. The fourth-order valence-electron chi connectivity index (χ4n) is 3.20. The number of carbonyl (C=O) groups excluding carboxylic acids is 1. The lowest BCUT2D eigenvalue weighted by Crippen LogP contribution is -2.30. The van der Waals surface area contributed by atoms with Crippen LogP contribution in [0.15, 0.2) is 33.5 Å². The third kappa shape index (κ3) is 5.22. The summed E-state index contributed by atoms with van der Waals surface area (Å²) >= 11 is 0. The van der Waals surface area contributed by atoms with Crippen molar-refractivity contribution < 1.29 is 13.9 Å². The maximum absolute atomic E-state index is 12.5. The number of benzene rings is 1. The Morgan fingerprint density at radius 1 is 1.28 bits per heavy atom. The molecule has 154 valence electrons. The van der Waals surface area contributed by atoms with Crippen LogP contribution >= 0.6 is 0 Å². The van der Waals surface area contributed by atoms with E-state index in [1.165, 1.54) is 0 Å². The lowest BCUT2D eigenvalue weighted by molar-refractivity contribution is -0.122. The predicted octanol–water partition coefficient (Wildman–Crippen LogP) is 3.06. The van der Waals surface area contributed by atoms with E-state index in [0.717, 1.165) is 10.9 Å². The average molecular weight is 398 g/mol. The molecule has 0 bridgehead atoms. The fraction of sp³-hybridized carbons (Fsp3) is 0.429. The summed E-state index contributed by atoms with van der Waals surface area (Å²) in [6, 6.07) is 6.90. The molecule has 1 aromatic carbocycles. The molecule has 0 radical (unpaired) electrons. The summed E-state index contributed by atoms with van der Waals surface area (Å²) in [5.41, 5.74) is 1.09. The van der Waals surface area contributed by atoms with Crippen LogP contribution in [0, 0.1) is 12.8 Å². The van der Waals surface area contributed by atoms with Gasteiger partial charge in [0.1, 0.15) is 11.8 Å². The first kappa shape index (κ1) is 20.6.